The van der Waals surface area contributed by atoms with E-state index in [0.717, 1.165) is 11.1 Å². The minimum absolute atomic E-state index is 0.192. The van der Waals surface area contributed by atoms with E-state index < -0.39 is 47.6 Å². The van der Waals surface area contributed by atoms with Gasteiger partial charge in [-0.1, -0.05) is 74.5 Å². The van der Waals surface area contributed by atoms with Crippen molar-refractivity contribution in [3.63, 3.8) is 0 Å². The highest BCUT2D eigenvalue weighted by atomic mass is 16.6. The number of carbonyl (C=O) groups is 4. The molecule has 0 fully saturated rings. The fourth-order valence-electron chi connectivity index (χ4n) is 3.74. The summed E-state index contributed by atoms with van der Waals surface area (Å²) in [6, 6.07) is 15.5. The molecule has 0 aliphatic carbocycles. The molecule has 0 saturated carbocycles. The molecule has 3 N–H and O–H groups in total. The van der Waals surface area contributed by atoms with Gasteiger partial charge in [0.05, 0.1) is 7.11 Å². The predicted octanol–water partition coefficient (Wildman–Crippen LogP) is 3.16. The topological polar surface area (TPSA) is 123 Å². The first-order chi connectivity index (χ1) is 17.9. The number of benzene rings is 2. The standard InChI is InChI=1S/C29H39N3O6/c1-19(2)24(26(34)30-23(27(35)37-6)18-21-15-11-8-12-16-21)32-25(33)22(17-20-13-9-7-10-14-20)31-28(36)38-29(3,4)5/h7-16,19,22-24H,17-18H2,1-6H3,(H,30,34)(H,31,36)(H,32,33)/t22-,23-,24-/m0/s1. The molecule has 0 heterocycles. The molecule has 0 radical (unpaired) electrons. The van der Waals surface area contributed by atoms with Crippen molar-refractivity contribution in [1.82, 2.24) is 16.0 Å². The van der Waals surface area contributed by atoms with Gasteiger partial charge in [0.1, 0.15) is 23.7 Å². The van der Waals surface area contributed by atoms with Gasteiger partial charge in [0.2, 0.25) is 11.8 Å². The normalized spacial score (nSPS) is 13.6. The second-order valence-electron chi connectivity index (χ2n) is 10.4. The van der Waals surface area contributed by atoms with Crippen LogP contribution in [0.2, 0.25) is 0 Å². The largest absolute Gasteiger partial charge is 0.467 e. The highest BCUT2D eigenvalue weighted by molar-refractivity contribution is 5.93. The van der Waals surface area contributed by atoms with E-state index in [1.807, 2.05) is 60.7 Å². The zero-order chi connectivity index (χ0) is 28.3. The summed E-state index contributed by atoms with van der Waals surface area (Å²) < 4.78 is 10.2. The molecular weight excluding hydrogens is 486 g/mol. The summed E-state index contributed by atoms with van der Waals surface area (Å²) in [5.74, 6) is -1.99. The lowest BCUT2D eigenvalue weighted by Gasteiger charge is -2.27. The summed E-state index contributed by atoms with van der Waals surface area (Å²) in [5, 5.41) is 8.11. The lowest BCUT2D eigenvalue weighted by atomic mass is 10.00. The molecule has 9 heteroatoms. The van der Waals surface area contributed by atoms with Crippen LogP contribution in [0.15, 0.2) is 60.7 Å². The van der Waals surface area contributed by atoms with Crippen LogP contribution in [0.25, 0.3) is 0 Å². The monoisotopic (exact) mass is 525 g/mol. The Bertz CT molecular complexity index is 1070. The van der Waals surface area contributed by atoms with E-state index in [4.69, 9.17) is 9.47 Å². The van der Waals surface area contributed by atoms with Gasteiger partial charge in [-0.15, -0.1) is 0 Å². The average molecular weight is 526 g/mol. The summed E-state index contributed by atoms with van der Waals surface area (Å²) >= 11 is 0. The van der Waals surface area contributed by atoms with E-state index >= 15 is 0 Å². The summed E-state index contributed by atoms with van der Waals surface area (Å²) in [5.41, 5.74) is 0.917. The molecular formula is C29H39N3O6. The number of alkyl carbamates (subject to hydrolysis) is 1. The van der Waals surface area contributed by atoms with Crippen LogP contribution in [-0.4, -0.2) is 54.7 Å². The smallest absolute Gasteiger partial charge is 0.408 e. The molecule has 38 heavy (non-hydrogen) atoms. The number of hydrogen-bond acceptors (Lipinski definition) is 6. The van der Waals surface area contributed by atoms with Crippen LogP contribution >= 0.6 is 0 Å². The Hall–Kier alpha value is -3.88. The fraction of sp³-hybridized carbons (Fsp3) is 0.448. The van der Waals surface area contributed by atoms with Crippen LogP contribution in [0.5, 0.6) is 0 Å². The molecule has 0 saturated heterocycles. The van der Waals surface area contributed by atoms with Gasteiger partial charge in [-0.25, -0.2) is 9.59 Å². The molecule has 2 aromatic rings. The van der Waals surface area contributed by atoms with Crippen molar-refractivity contribution in [2.45, 2.75) is 71.2 Å². The van der Waals surface area contributed by atoms with Crippen LogP contribution in [0.1, 0.15) is 45.7 Å². The van der Waals surface area contributed by atoms with Gasteiger partial charge in [0.15, 0.2) is 0 Å². The quantitative estimate of drug-likeness (QED) is 0.388. The number of esters is 1. The van der Waals surface area contributed by atoms with Gasteiger partial charge >= 0.3 is 12.1 Å². The third-order valence-corrected chi connectivity index (χ3v) is 5.62. The molecule has 206 valence electrons. The van der Waals surface area contributed by atoms with Crippen molar-refractivity contribution in [3.8, 4) is 0 Å². The Morgan fingerprint density at radius 1 is 0.737 bits per heavy atom. The number of ether oxygens (including phenoxy) is 2. The highest BCUT2D eigenvalue weighted by Crippen LogP contribution is 2.11. The zero-order valence-corrected chi connectivity index (χ0v) is 22.9. The lowest BCUT2D eigenvalue weighted by Crippen LogP contribution is -2.58. The van der Waals surface area contributed by atoms with Gasteiger partial charge < -0.3 is 25.4 Å². The predicted molar refractivity (Wildman–Crippen MR) is 144 cm³/mol. The van der Waals surface area contributed by atoms with E-state index in [1.54, 1.807) is 34.6 Å². The van der Waals surface area contributed by atoms with Crippen molar-refractivity contribution < 1.29 is 28.7 Å². The molecule has 3 amide bonds. The second-order valence-corrected chi connectivity index (χ2v) is 10.4. The SMILES string of the molecule is COC(=O)[C@H](Cc1ccccc1)NC(=O)[C@@H](NC(=O)[C@H](Cc1ccccc1)NC(=O)OC(C)(C)C)C(C)C. The summed E-state index contributed by atoms with van der Waals surface area (Å²) in [6.45, 7) is 8.74. The Labute approximate surface area is 224 Å². The Morgan fingerprint density at radius 3 is 1.68 bits per heavy atom. The highest BCUT2D eigenvalue weighted by Gasteiger charge is 2.32. The number of nitrogens with one attached hydrogen (secondary N) is 3. The molecule has 2 rings (SSSR count). The third kappa shape index (κ3) is 10.2. The number of methoxy groups -OCH3 is 1. The van der Waals surface area contributed by atoms with Crippen molar-refractivity contribution in [2.24, 2.45) is 5.92 Å². The molecule has 3 atom stereocenters. The Balaban J connectivity index is 2.20. The summed E-state index contributed by atoms with van der Waals surface area (Å²) in [4.78, 5) is 51.6. The molecule has 0 aliphatic heterocycles. The van der Waals surface area contributed by atoms with Crippen molar-refractivity contribution in [1.29, 1.82) is 0 Å². The van der Waals surface area contributed by atoms with Crippen molar-refractivity contribution in [2.75, 3.05) is 7.11 Å². The zero-order valence-electron chi connectivity index (χ0n) is 22.9. The van der Waals surface area contributed by atoms with Gasteiger partial charge in [-0.2, -0.15) is 0 Å². The fourth-order valence-corrected chi connectivity index (χ4v) is 3.74. The van der Waals surface area contributed by atoms with E-state index in [9.17, 15) is 19.2 Å². The summed E-state index contributed by atoms with van der Waals surface area (Å²) in [6.07, 6.45) is -0.320. The molecule has 0 unspecified atom stereocenters. The van der Waals surface area contributed by atoms with E-state index in [1.165, 1.54) is 7.11 Å². The maximum atomic E-state index is 13.4. The first kappa shape index (κ1) is 30.3. The maximum Gasteiger partial charge on any atom is 0.408 e. The van der Waals surface area contributed by atoms with Crippen molar-refractivity contribution in [3.05, 3.63) is 71.8 Å². The van der Waals surface area contributed by atoms with E-state index in [0.29, 0.717) is 0 Å². The molecule has 2 aromatic carbocycles. The van der Waals surface area contributed by atoms with Crippen LogP contribution in [0, 0.1) is 5.92 Å². The van der Waals surface area contributed by atoms with E-state index in [-0.39, 0.29) is 18.8 Å². The minimum Gasteiger partial charge on any atom is -0.467 e. The number of carbonyl (C=O) groups excluding carboxylic acids is 4. The number of hydrogen-bond donors (Lipinski definition) is 3. The molecule has 9 nitrogen and oxygen atoms in total. The number of rotatable bonds is 11. The lowest BCUT2D eigenvalue weighted by molar-refractivity contribution is -0.145. The van der Waals surface area contributed by atoms with E-state index in [2.05, 4.69) is 16.0 Å². The van der Waals surface area contributed by atoms with Gasteiger partial charge in [-0.3, -0.25) is 9.59 Å². The molecule has 0 bridgehead atoms. The summed E-state index contributed by atoms with van der Waals surface area (Å²) in [7, 11) is 1.25. The van der Waals surface area contributed by atoms with Crippen LogP contribution in [-0.2, 0) is 36.7 Å². The molecule has 0 aromatic heterocycles. The Kier molecular flexibility index (Phi) is 11.3. The van der Waals surface area contributed by atoms with Crippen molar-refractivity contribution >= 4 is 23.9 Å². The molecule has 0 spiro atoms. The minimum atomic E-state index is -0.998. The van der Waals surface area contributed by atoms with Gasteiger partial charge in [-0.05, 0) is 37.8 Å². The Morgan fingerprint density at radius 2 is 1.24 bits per heavy atom. The average Bonchev–Trinajstić information content (AvgIpc) is 2.85. The van der Waals surface area contributed by atoms with Crippen LogP contribution in [0.3, 0.4) is 0 Å². The maximum absolute atomic E-state index is 13.4. The van der Waals surface area contributed by atoms with Crippen LogP contribution < -0.4 is 16.0 Å². The molecule has 0 aliphatic rings. The first-order valence-electron chi connectivity index (χ1n) is 12.7. The number of amides is 3. The van der Waals surface area contributed by atoms with Gasteiger partial charge in [0, 0.05) is 12.8 Å². The van der Waals surface area contributed by atoms with Crippen LogP contribution in [0.4, 0.5) is 4.79 Å². The third-order valence-electron chi connectivity index (χ3n) is 5.62. The van der Waals surface area contributed by atoms with Gasteiger partial charge in [0.25, 0.3) is 0 Å². The first-order valence-corrected chi connectivity index (χ1v) is 12.7. The second kappa shape index (κ2) is 14.2.